The summed E-state index contributed by atoms with van der Waals surface area (Å²) in [6, 6.07) is 0. The molecule has 25 heavy (non-hydrogen) atoms. The van der Waals surface area contributed by atoms with Gasteiger partial charge in [-0.2, -0.15) is 0 Å². The Morgan fingerprint density at radius 1 is 1.00 bits per heavy atom. The standard InChI is InChI=1S/C18H26O7/c1-4-24-17-7-15(21)6-16(22,8-17)10-18(9-15,11-17)25-13(19)5-23-14(20)12(2)3/h21-22H,2,4-11H2,1,3H3. The van der Waals surface area contributed by atoms with Crippen molar-refractivity contribution in [2.45, 2.75) is 74.8 Å². The Hall–Kier alpha value is -1.44. The zero-order valence-electron chi connectivity index (χ0n) is 14.8. The minimum atomic E-state index is -1.12. The Morgan fingerprint density at radius 3 is 2.08 bits per heavy atom. The maximum Gasteiger partial charge on any atom is 0.344 e. The van der Waals surface area contributed by atoms with E-state index in [4.69, 9.17) is 14.2 Å². The molecule has 0 aromatic carbocycles. The minimum Gasteiger partial charge on any atom is -0.456 e. The summed E-state index contributed by atoms with van der Waals surface area (Å²) in [5.41, 5.74) is -3.73. The highest BCUT2D eigenvalue weighted by Gasteiger charge is 2.70. The van der Waals surface area contributed by atoms with E-state index in [-0.39, 0.29) is 24.8 Å². The van der Waals surface area contributed by atoms with Crippen molar-refractivity contribution in [2.75, 3.05) is 13.2 Å². The van der Waals surface area contributed by atoms with E-state index >= 15 is 0 Å². The van der Waals surface area contributed by atoms with Crippen LogP contribution >= 0.6 is 0 Å². The molecule has 0 aromatic heterocycles. The van der Waals surface area contributed by atoms with Gasteiger partial charge in [0.15, 0.2) is 6.61 Å². The largest absolute Gasteiger partial charge is 0.456 e. The van der Waals surface area contributed by atoms with E-state index in [2.05, 4.69) is 6.58 Å². The van der Waals surface area contributed by atoms with Gasteiger partial charge in [0, 0.05) is 50.7 Å². The average Bonchev–Trinajstić information content (AvgIpc) is 2.39. The number of esters is 2. The van der Waals surface area contributed by atoms with Gasteiger partial charge < -0.3 is 24.4 Å². The fourth-order valence-electron chi connectivity index (χ4n) is 5.43. The Labute approximate surface area is 146 Å². The number of carbonyl (C=O) groups excluding carboxylic acids is 2. The minimum absolute atomic E-state index is 0.196. The molecule has 2 unspecified atom stereocenters. The van der Waals surface area contributed by atoms with Crippen LogP contribution < -0.4 is 0 Å². The lowest BCUT2D eigenvalue weighted by Crippen LogP contribution is -2.73. The third kappa shape index (κ3) is 3.45. The summed E-state index contributed by atoms with van der Waals surface area (Å²) < 4.78 is 16.4. The van der Waals surface area contributed by atoms with E-state index in [1.165, 1.54) is 6.92 Å². The predicted molar refractivity (Wildman–Crippen MR) is 86.6 cm³/mol. The molecule has 4 fully saturated rings. The van der Waals surface area contributed by atoms with E-state index < -0.39 is 40.9 Å². The van der Waals surface area contributed by atoms with Gasteiger partial charge in [-0.3, -0.25) is 0 Å². The van der Waals surface area contributed by atoms with E-state index in [1.807, 2.05) is 6.92 Å². The van der Waals surface area contributed by atoms with Crippen LogP contribution in [0.25, 0.3) is 0 Å². The molecule has 4 rings (SSSR count). The maximum absolute atomic E-state index is 12.2. The van der Waals surface area contributed by atoms with Crippen LogP contribution in [-0.2, 0) is 23.8 Å². The monoisotopic (exact) mass is 354 g/mol. The highest BCUT2D eigenvalue weighted by Crippen LogP contribution is 2.63. The van der Waals surface area contributed by atoms with E-state index in [9.17, 15) is 19.8 Å². The second kappa shape index (κ2) is 5.79. The lowest BCUT2D eigenvalue weighted by molar-refractivity contribution is -0.310. The van der Waals surface area contributed by atoms with Gasteiger partial charge in [0.05, 0.1) is 16.8 Å². The van der Waals surface area contributed by atoms with Gasteiger partial charge in [-0.15, -0.1) is 0 Å². The molecule has 7 nitrogen and oxygen atoms in total. The van der Waals surface area contributed by atoms with Crippen LogP contribution in [-0.4, -0.2) is 57.8 Å². The van der Waals surface area contributed by atoms with E-state index in [1.54, 1.807) is 0 Å². The van der Waals surface area contributed by atoms with Gasteiger partial charge in [-0.25, -0.2) is 9.59 Å². The Morgan fingerprint density at radius 2 is 1.56 bits per heavy atom. The van der Waals surface area contributed by atoms with Crippen LogP contribution in [0.15, 0.2) is 12.2 Å². The molecule has 0 spiro atoms. The molecule has 2 atom stereocenters. The van der Waals surface area contributed by atoms with Gasteiger partial charge in [-0.05, 0) is 13.8 Å². The zero-order valence-corrected chi connectivity index (χ0v) is 14.8. The van der Waals surface area contributed by atoms with Crippen molar-refractivity contribution in [1.82, 2.24) is 0 Å². The molecule has 140 valence electrons. The summed E-state index contributed by atoms with van der Waals surface area (Å²) >= 11 is 0. The van der Waals surface area contributed by atoms with Crippen LogP contribution in [0.3, 0.4) is 0 Å². The van der Waals surface area contributed by atoms with Crippen LogP contribution in [0.1, 0.15) is 52.4 Å². The normalized spacial score (nSPS) is 41.4. The second-order valence-corrected chi connectivity index (χ2v) is 8.14. The zero-order chi connectivity index (χ0) is 18.5. The molecule has 4 saturated carbocycles. The quantitative estimate of drug-likeness (QED) is 0.542. The predicted octanol–water partition coefficient (Wildman–Crippen LogP) is 1.01. The van der Waals surface area contributed by atoms with Gasteiger partial charge in [0.25, 0.3) is 0 Å². The van der Waals surface area contributed by atoms with Crippen molar-refractivity contribution < 1.29 is 34.0 Å². The third-order valence-electron chi connectivity index (χ3n) is 5.36. The van der Waals surface area contributed by atoms with Gasteiger partial charge in [-0.1, -0.05) is 6.58 Å². The van der Waals surface area contributed by atoms with Crippen molar-refractivity contribution >= 4 is 11.9 Å². The number of hydrogen-bond acceptors (Lipinski definition) is 7. The van der Waals surface area contributed by atoms with Crippen molar-refractivity contribution in [2.24, 2.45) is 0 Å². The molecule has 0 saturated heterocycles. The number of aliphatic hydroxyl groups is 2. The SMILES string of the molecule is C=C(C)C(=O)OCC(=O)OC12CC3(O)CC(O)(CC(OCC)(C3)C1)C2. The fraction of sp³-hybridized carbons (Fsp3) is 0.778. The van der Waals surface area contributed by atoms with Crippen molar-refractivity contribution in [1.29, 1.82) is 0 Å². The number of hydrogen-bond donors (Lipinski definition) is 2. The topological polar surface area (TPSA) is 102 Å². The molecule has 4 bridgehead atoms. The Bertz CT molecular complexity index is 593. The van der Waals surface area contributed by atoms with Crippen LogP contribution in [0.4, 0.5) is 0 Å². The summed E-state index contributed by atoms with van der Waals surface area (Å²) in [5, 5.41) is 21.8. The molecule has 4 aliphatic rings. The van der Waals surface area contributed by atoms with Crippen LogP contribution in [0, 0.1) is 0 Å². The van der Waals surface area contributed by atoms with Crippen molar-refractivity contribution in [3.8, 4) is 0 Å². The summed E-state index contributed by atoms with van der Waals surface area (Å²) in [6.45, 7) is 6.73. The summed E-state index contributed by atoms with van der Waals surface area (Å²) in [5.74, 6) is -1.36. The molecular weight excluding hydrogens is 328 g/mol. The number of rotatable bonds is 6. The first-order valence-electron chi connectivity index (χ1n) is 8.66. The van der Waals surface area contributed by atoms with Crippen LogP contribution in [0.5, 0.6) is 0 Å². The lowest BCUT2D eigenvalue weighted by atomic mass is 9.48. The summed E-state index contributed by atoms with van der Waals surface area (Å²) in [4.78, 5) is 23.6. The van der Waals surface area contributed by atoms with Crippen molar-refractivity contribution in [3.63, 3.8) is 0 Å². The molecule has 0 radical (unpaired) electrons. The fourth-order valence-corrected chi connectivity index (χ4v) is 5.43. The van der Waals surface area contributed by atoms with E-state index in [0.717, 1.165) is 0 Å². The molecule has 4 aliphatic carbocycles. The van der Waals surface area contributed by atoms with Crippen molar-refractivity contribution in [3.05, 3.63) is 12.2 Å². The first-order chi connectivity index (χ1) is 11.5. The Kier molecular flexibility index (Phi) is 4.25. The smallest absolute Gasteiger partial charge is 0.344 e. The number of ether oxygens (including phenoxy) is 3. The highest BCUT2D eigenvalue weighted by molar-refractivity contribution is 5.88. The lowest BCUT2D eigenvalue weighted by Gasteiger charge is -2.66. The summed E-state index contributed by atoms with van der Waals surface area (Å²) in [7, 11) is 0. The number of carbonyl (C=O) groups is 2. The molecule has 7 heteroatoms. The van der Waals surface area contributed by atoms with Gasteiger partial charge in [0.2, 0.25) is 0 Å². The Balaban J connectivity index is 1.75. The first kappa shape index (κ1) is 18.4. The summed E-state index contributed by atoms with van der Waals surface area (Å²) in [6.07, 6.45) is 2.08. The molecule has 2 N–H and O–H groups in total. The maximum atomic E-state index is 12.2. The molecule has 0 heterocycles. The van der Waals surface area contributed by atoms with Crippen LogP contribution in [0.2, 0.25) is 0 Å². The van der Waals surface area contributed by atoms with E-state index in [0.29, 0.717) is 25.9 Å². The average molecular weight is 354 g/mol. The second-order valence-electron chi connectivity index (χ2n) is 8.14. The molecule has 0 aliphatic heterocycles. The first-order valence-corrected chi connectivity index (χ1v) is 8.66. The molecule has 0 aromatic rings. The third-order valence-corrected chi connectivity index (χ3v) is 5.36. The molecular formula is C18H26O7. The van der Waals surface area contributed by atoms with Gasteiger partial charge >= 0.3 is 11.9 Å². The highest BCUT2D eigenvalue weighted by atomic mass is 16.6. The molecule has 0 amide bonds. The van der Waals surface area contributed by atoms with Gasteiger partial charge in [0.1, 0.15) is 5.60 Å².